The van der Waals surface area contributed by atoms with Gasteiger partial charge in [-0.15, -0.1) is 0 Å². The fourth-order valence-corrected chi connectivity index (χ4v) is 6.75. The van der Waals surface area contributed by atoms with Crippen molar-refractivity contribution in [2.24, 2.45) is 17.8 Å². The summed E-state index contributed by atoms with van der Waals surface area (Å²) in [6.07, 6.45) is 18.2. The van der Waals surface area contributed by atoms with Crippen LogP contribution in [0.4, 0.5) is 0 Å². The van der Waals surface area contributed by atoms with Crippen molar-refractivity contribution in [2.75, 3.05) is 19.8 Å². The maximum Gasteiger partial charge on any atom is 0.158 e. The second-order valence-corrected chi connectivity index (χ2v) is 10.9. The van der Waals surface area contributed by atoms with Crippen molar-refractivity contribution < 1.29 is 28.8 Å². The molecule has 0 aromatic carbocycles. The quantitative estimate of drug-likeness (QED) is 0.271. The first kappa shape index (κ1) is 24.2. The van der Waals surface area contributed by atoms with Gasteiger partial charge in [0.05, 0.1) is 24.9 Å². The molecule has 5 rings (SSSR count). The van der Waals surface area contributed by atoms with E-state index in [1.807, 2.05) is 0 Å². The summed E-state index contributed by atoms with van der Waals surface area (Å²) in [4.78, 5) is 0. The Labute approximate surface area is 199 Å². The molecule has 5 fully saturated rings. The van der Waals surface area contributed by atoms with Gasteiger partial charge in [0.1, 0.15) is 5.60 Å². The van der Waals surface area contributed by atoms with Crippen LogP contribution in [0, 0.1) is 17.8 Å². The van der Waals surface area contributed by atoms with Gasteiger partial charge in [-0.3, -0.25) is 0 Å². The Morgan fingerprint density at radius 1 is 1.03 bits per heavy atom. The summed E-state index contributed by atoms with van der Waals surface area (Å²) in [7, 11) is 0. The minimum Gasteiger partial charge on any atom is -0.393 e. The van der Waals surface area contributed by atoms with Crippen LogP contribution in [0.25, 0.3) is 0 Å². The summed E-state index contributed by atoms with van der Waals surface area (Å²) in [6.45, 7) is 4.00. The smallest absolute Gasteiger partial charge is 0.158 e. The zero-order chi connectivity index (χ0) is 22.7. The van der Waals surface area contributed by atoms with Crippen molar-refractivity contribution in [1.29, 1.82) is 0 Å². The van der Waals surface area contributed by atoms with Gasteiger partial charge in [-0.1, -0.05) is 38.3 Å². The summed E-state index contributed by atoms with van der Waals surface area (Å²) >= 11 is 0. The monoisotopic (exact) mass is 464 g/mol. The number of rotatable bonds is 11. The van der Waals surface area contributed by atoms with Gasteiger partial charge >= 0.3 is 0 Å². The molecule has 0 bridgehead atoms. The highest BCUT2D eigenvalue weighted by Crippen LogP contribution is 2.63. The molecule has 4 unspecified atom stereocenters. The third-order valence-corrected chi connectivity index (χ3v) is 8.61. The lowest BCUT2D eigenvalue weighted by Gasteiger charge is -2.30. The van der Waals surface area contributed by atoms with Gasteiger partial charge in [-0.2, -0.15) is 0 Å². The molecule has 6 nitrogen and oxygen atoms in total. The molecule has 0 aromatic heterocycles. The number of fused-ring (bicyclic) bond motifs is 3. The Morgan fingerprint density at radius 2 is 1.82 bits per heavy atom. The Kier molecular flexibility index (Phi) is 8.10. The average Bonchev–Trinajstić information content (AvgIpc) is 3.35. The molecule has 3 saturated heterocycles. The van der Waals surface area contributed by atoms with Gasteiger partial charge < -0.3 is 28.8 Å². The zero-order valence-corrected chi connectivity index (χ0v) is 20.4. The van der Waals surface area contributed by atoms with Gasteiger partial charge in [0.15, 0.2) is 12.6 Å². The second kappa shape index (κ2) is 11.0. The Morgan fingerprint density at radius 3 is 2.52 bits per heavy atom. The van der Waals surface area contributed by atoms with Gasteiger partial charge in [0, 0.05) is 19.1 Å². The van der Waals surface area contributed by atoms with E-state index in [0.29, 0.717) is 17.8 Å². The molecule has 6 heteroatoms. The molecular formula is C27H44O6. The van der Waals surface area contributed by atoms with E-state index in [9.17, 15) is 5.11 Å². The molecule has 33 heavy (non-hydrogen) atoms. The molecule has 9 atom stereocenters. The lowest BCUT2D eigenvalue weighted by molar-refractivity contribution is -0.193. The molecule has 0 spiro atoms. The lowest BCUT2D eigenvalue weighted by Crippen LogP contribution is -2.32. The van der Waals surface area contributed by atoms with Crippen LogP contribution in [-0.2, 0) is 23.7 Å². The van der Waals surface area contributed by atoms with Gasteiger partial charge in [0.2, 0.25) is 0 Å². The maximum atomic E-state index is 9.93. The molecule has 2 aliphatic carbocycles. The molecule has 0 aromatic rings. The van der Waals surface area contributed by atoms with Crippen LogP contribution in [0.15, 0.2) is 12.2 Å². The van der Waals surface area contributed by atoms with Gasteiger partial charge in [-0.25, -0.2) is 0 Å². The molecule has 0 amide bonds. The minimum absolute atomic E-state index is 0.0702. The fourth-order valence-electron chi connectivity index (χ4n) is 6.75. The predicted molar refractivity (Wildman–Crippen MR) is 125 cm³/mol. The highest BCUT2D eigenvalue weighted by molar-refractivity contribution is 5.21. The summed E-state index contributed by atoms with van der Waals surface area (Å²) in [6, 6.07) is 0. The van der Waals surface area contributed by atoms with E-state index in [4.69, 9.17) is 23.7 Å². The number of ether oxygens (including phenoxy) is 5. The summed E-state index contributed by atoms with van der Waals surface area (Å²) in [5.74, 6) is 1.30. The predicted octanol–water partition coefficient (Wildman–Crippen LogP) is 4.73. The van der Waals surface area contributed by atoms with Crippen molar-refractivity contribution in [1.82, 2.24) is 0 Å². The number of unbranched alkanes of at least 4 members (excludes halogenated alkanes) is 2. The topological polar surface area (TPSA) is 69.7 Å². The number of epoxide rings is 1. The van der Waals surface area contributed by atoms with Gasteiger partial charge in [0.25, 0.3) is 0 Å². The van der Waals surface area contributed by atoms with Crippen LogP contribution >= 0.6 is 0 Å². The summed E-state index contributed by atoms with van der Waals surface area (Å²) in [5, 5.41) is 9.93. The normalized spacial score (nSPS) is 43.5. The first-order valence-corrected chi connectivity index (χ1v) is 13.7. The summed E-state index contributed by atoms with van der Waals surface area (Å²) in [5.41, 5.74) is -0.277. The van der Waals surface area contributed by atoms with E-state index < -0.39 is 0 Å². The number of hydrogen-bond donors (Lipinski definition) is 1. The third-order valence-electron chi connectivity index (χ3n) is 8.61. The number of hydrogen-bond acceptors (Lipinski definition) is 6. The number of aliphatic hydroxyl groups is 1. The van der Waals surface area contributed by atoms with Crippen LogP contribution in [-0.4, -0.2) is 61.4 Å². The third kappa shape index (κ3) is 5.52. The first-order valence-electron chi connectivity index (χ1n) is 13.7. The van der Waals surface area contributed by atoms with Gasteiger partial charge in [-0.05, 0) is 69.6 Å². The molecular weight excluding hydrogens is 420 g/mol. The fraction of sp³-hybridized carbons (Fsp3) is 0.926. The SMILES string of the molecule is CCCCC[C@@H](C=C[C@H]1[C@H]2CC3(CO)OC3[C@H]2C[C@H]1OC1CCCCO1)OC1CCCCO1. The summed E-state index contributed by atoms with van der Waals surface area (Å²) < 4.78 is 30.8. The van der Waals surface area contributed by atoms with Crippen LogP contribution in [0.2, 0.25) is 0 Å². The van der Waals surface area contributed by atoms with Crippen molar-refractivity contribution in [2.45, 2.75) is 120 Å². The minimum atomic E-state index is -0.277. The average molecular weight is 465 g/mol. The molecule has 188 valence electrons. The molecule has 2 saturated carbocycles. The molecule has 1 N–H and O–H groups in total. The Hall–Kier alpha value is -0.500. The van der Waals surface area contributed by atoms with Crippen molar-refractivity contribution in [3.8, 4) is 0 Å². The molecule has 0 radical (unpaired) electrons. The highest BCUT2D eigenvalue weighted by atomic mass is 16.7. The van der Waals surface area contributed by atoms with E-state index in [2.05, 4.69) is 19.1 Å². The zero-order valence-electron chi connectivity index (χ0n) is 20.4. The van der Waals surface area contributed by atoms with Crippen LogP contribution in [0.3, 0.4) is 0 Å². The molecule has 3 heterocycles. The van der Waals surface area contributed by atoms with E-state index in [-0.39, 0.29) is 43.1 Å². The van der Waals surface area contributed by atoms with Crippen LogP contribution in [0.5, 0.6) is 0 Å². The van der Waals surface area contributed by atoms with Crippen molar-refractivity contribution in [3.05, 3.63) is 12.2 Å². The first-order chi connectivity index (χ1) is 16.2. The standard InChI is InChI=1S/C27H44O6/c1-2-3-4-9-19(31-24-10-5-7-14-29-24)12-13-20-22-17-27(18-28)26(33-27)21(22)16-23(20)32-25-11-6-8-15-30-25/h12-13,19-26,28H,2-11,14-18H2,1H3/t19-,20-,21-,22+,23+,24?,25?,26?,27?/m0/s1. The van der Waals surface area contributed by atoms with Crippen molar-refractivity contribution in [3.63, 3.8) is 0 Å². The van der Waals surface area contributed by atoms with E-state index in [1.165, 1.54) is 32.1 Å². The maximum absolute atomic E-state index is 9.93. The number of aliphatic hydroxyl groups excluding tert-OH is 1. The van der Waals surface area contributed by atoms with E-state index >= 15 is 0 Å². The Balaban J connectivity index is 1.27. The van der Waals surface area contributed by atoms with Crippen molar-refractivity contribution >= 4 is 0 Å². The van der Waals surface area contributed by atoms with Crippen LogP contribution in [0.1, 0.15) is 84.0 Å². The Bertz CT molecular complexity index is 643. The molecule has 5 aliphatic rings. The highest BCUT2D eigenvalue weighted by Gasteiger charge is 2.70. The van der Waals surface area contributed by atoms with Crippen LogP contribution < -0.4 is 0 Å². The van der Waals surface area contributed by atoms with E-state index in [1.54, 1.807) is 0 Å². The molecule has 3 aliphatic heterocycles. The second-order valence-electron chi connectivity index (χ2n) is 10.9. The van der Waals surface area contributed by atoms with E-state index in [0.717, 1.165) is 58.2 Å². The largest absolute Gasteiger partial charge is 0.393 e. The lowest BCUT2D eigenvalue weighted by atomic mass is 9.88.